The smallest absolute Gasteiger partial charge is 0.398 e. The molecule has 0 saturated carbocycles. The molecule has 0 N–H and O–H groups in total. The van der Waals surface area contributed by atoms with Crippen LogP contribution in [0.4, 0.5) is 4.39 Å². The molecule has 5 rings (SSSR count). The van der Waals surface area contributed by atoms with Crippen LogP contribution in [-0.2, 0) is 0 Å². The zero-order chi connectivity index (χ0) is 25.2. The minimum atomic E-state index is -0.307. The number of rotatable bonds is 7. The number of hydrogen-bond donors (Lipinski definition) is 0. The van der Waals surface area contributed by atoms with E-state index in [0.29, 0.717) is 11.6 Å². The van der Waals surface area contributed by atoms with Crippen LogP contribution in [0.5, 0.6) is 11.9 Å². The van der Waals surface area contributed by atoms with Gasteiger partial charge in [-0.2, -0.15) is 4.98 Å². The highest BCUT2D eigenvalue weighted by Crippen LogP contribution is 2.37. The van der Waals surface area contributed by atoms with Crippen molar-refractivity contribution in [1.82, 2.24) is 19.6 Å². The molecule has 0 aliphatic rings. The van der Waals surface area contributed by atoms with Gasteiger partial charge in [-0.3, -0.25) is 4.98 Å². The molecule has 182 valence electrons. The first kappa shape index (κ1) is 23.4. The van der Waals surface area contributed by atoms with Gasteiger partial charge in [0.15, 0.2) is 0 Å². The highest BCUT2D eigenvalue weighted by atomic mass is 19.1. The van der Waals surface area contributed by atoms with Crippen molar-refractivity contribution in [3.05, 3.63) is 85.1 Å². The Balaban J connectivity index is 1.92. The van der Waals surface area contributed by atoms with E-state index in [-0.39, 0.29) is 24.0 Å². The summed E-state index contributed by atoms with van der Waals surface area (Å²) < 4.78 is 30.0. The van der Waals surface area contributed by atoms with Crippen molar-refractivity contribution in [2.75, 3.05) is 0 Å². The van der Waals surface area contributed by atoms with Crippen molar-refractivity contribution < 1.29 is 18.4 Å². The summed E-state index contributed by atoms with van der Waals surface area (Å²) in [6, 6.07) is 18.3. The SMILES string of the molecule is CC(C)Oc1nccc(-c2c(-c3ccc(F)cc3)n(-c3ccncc3)[n+]3c(OC(C)C)cccc23)n1. The molecule has 36 heavy (non-hydrogen) atoms. The third-order valence-corrected chi connectivity index (χ3v) is 5.45. The summed E-state index contributed by atoms with van der Waals surface area (Å²) in [6.45, 7) is 7.84. The molecule has 0 unspecified atom stereocenters. The third kappa shape index (κ3) is 4.49. The molecular formula is C28H27FN5O2+. The number of hydrogen-bond acceptors (Lipinski definition) is 5. The van der Waals surface area contributed by atoms with Gasteiger partial charge >= 0.3 is 11.9 Å². The molecule has 0 aliphatic heterocycles. The molecule has 5 aromatic rings. The Hall–Kier alpha value is -4.33. The van der Waals surface area contributed by atoms with Crippen LogP contribution in [-0.4, -0.2) is 31.8 Å². The average molecular weight is 485 g/mol. The van der Waals surface area contributed by atoms with Crippen molar-refractivity contribution >= 4 is 5.52 Å². The molecule has 0 atom stereocenters. The van der Waals surface area contributed by atoms with E-state index < -0.39 is 0 Å². The predicted octanol–water partition coefficient (Wildman–Crippen LogP) is 5.45. The summed E-state index contributed by atoms with van der Waals surface area (Å²) >= 11 is 0. The maximum Gasteiger partial charge on any atom is 0.398 e. The summed E-state index contributed by atoms with van der Waals surface area (Å²) in [7, 11) is 0. The Kier molecular flexibility index (Phi) is 6.33. The van der Waals surface area contributed by atoms with Crippen LogP contribution in [0.2, 0.25) is 0 Å². The Morgan fingerprint density at radius 2 is 1.56 bits per heavy atom. The Labute approximate surface area is 208 Å². The molecule has 0 bridgehead atoms. The van der Waals surface area contributed by atoms with Gasteiger partial charge < -0.3 is 9.47 Å². The van der Waals surface area contributed by atoms with Crippen LogP contribution in [0.1, 0.15) is 27.7 Å². The largest absolute Gasteiger partial charge is 0.461 e. The van der Waals surface area contributed by atoms with E-state index in [9.17, 15) is 4.39 Å². The first-order valence-electron chi connectivity index (χ1n) is 11.8. The zero-order valence-corrected chi connectivity index (χ0v) is 20.6. The van der Waals surface area contributed by atoms with Gasteiger partial charge in [0.25, 0.3) is 5.52 Å². The minimum absolute atomic E-state index is 0.0493. The molecule has 0 spiro atoms. The van der Waals surface area contributed by atoms with Crippen molar-refractivity contribution in [1.29, 1.82) is 0 Å². The van der Waals surface area contributed by atoms with Crippen LogP contribution in [0.15, 0.2) is 79.3 Å². The van der Waals surface area contributed by atoms with E-state index >= 15 is 0 Å². The maximum atomic E-state index is 14.0. The quantitative estimate of drug-likeness (QED) is 0.288. The highest BCUT2D eigenvalue weighted by Gasteiger charge is 2.32. The molecule has 4 aromatic heterocycles. The van der Waals surface area contributed by atoms with Crippen LogP contribution >= 0.6 is 0 Å². The molecule has 1 aromatic carbocycles. The Morgan fingerprint density at radius 3 is 2.25 bits per heavy atom. The monoisotopic (exact) mass is 484 g/mol. The Bertz CT molecular complexity index is 1500. The van der Waals surface area contributed by atoms with E-state index in [2.05, 4.69) is 9.97 Å². The first-order valence-corrected chi connectivity index (χ1v) is 11.8. The van der Waals surface area contributed by atoms with Crippen LogP contribution in [0.3, 0.4) is 0 Å². The molecule has 4 heterocycles. The number of fused-ring (bicyclic) bond motifs is 1. The normalized spacial score (nSPS) is 11.4. The average Bonchev–Trinajstić information content (AvgIpc) is 3.21. The zero-order valence-electron chi connectivity index (χ0n) is 20.6. The van der Waals surface area contributed by atoms with Crippen LogP contribution < -0.4 is 14.0 Å². The molecule has 0 fully saturated rings. The first-order chi connectivity index (χ1) is 17.4. The molecule has 0 amide bonds. The molecule has 8 heteroatoms. The summed E-state index contributed by atoms with van der Waals surface area (Å²) in [5.41, 5.74) is 4.86. The molecule has 0 radical (unpaired) electrons. The van der Waals surface area contributed by atoms with Gasteiger partial charge in [0.2, 0.25) is 0 Å². The number of ether oxygens (including phenoxy) is 2. The summed E-state index contributed by atoms with van der Waals surface area (Å²) in [5, 5.41) is 0. The van der Waals surface area contributed by atoms with Gasteiger partial charge in [0.1, 0.15) is 22.8 Å². The fourth-order valence-electron chi connectivity index (χ4n) is 4.14. The van der Waals surface area contributed by atoms with E-state index in [0.717, 1.165) is 28.0 Å². The third-order valence-electron chi connectivity index (χ3n) is 5.45. The standard InChI is InChI=1S/C28H27FN5O2/c1-18(2)35-25-7-5-6-24-26(23-14-17-31-28(32-23)36-19(3)4)27(20-8-10-21(29)11-9-20)33(34(24)25)22-12-15-30-16-13-22/h5-19H,1-4H3/q+1. The van der Waals surface area contributed by atoms with E-state index in [1.807, 2.05) is 73.3 Å². The highest BCUT2D eigenvalue weighted by molar-refractivity contribution is 5.89. The van der Waals surface area contributed by atoms with Gasteiger partial charge in [-0.15, -0.1) is 4.68 Å². The topological polar surface area (TPSA) is 66.2 Å². The summed E-state index contributed by atoms with van der Waals surface area (Å²) in [5.74, 6) is 0.347. The fraction of sp³-hybridized carbons (Fsp3) is 0.214. The predicted molar refractivity (Wildman–Crippen MR) is 135 cm³/mol. The van der Waals surface area contributed by atoms with E-state index in [4.69, 9.17) is 14.5 Å². The van der Waals surface area contributed by atoms with E-state index in [1.165, 1.54) is 12.1 Å². The number of benzene rings is 1. The van der Waals surface area contributed by atoms with Gasteiger partial charge in [0.05, 0.1) is 24.0 Å². The lowest BCUT2D eigenvalue weighted by molar-refractivity contribution is -0.605. The minimum Gasteiger partial charge on any atom is -0.461 e. The number of halogens is 1. The number of nitrogens with zero attached hydrogens (tertiary/aromatic N) is 5. The Morgan fingerprint density at radius 1 is 0.833 bits per heavy atom. The van der Waals surface area contributed by atoms with Gasteiger partial charge in [-0.25, -0.2) is 9.37 Å². The molecular weight excluding hydrogens is 457 g/mol. The second kappa shape index (κ2) is 9.73. The van der Waals surface area contributed by atoms with Crippen LogP contribution in [0.25, 0.3) is 33.7 Å². The number of pyridine rings is 2. The van der Waals surface area contributed by atoms with Crippen molar-refractivity contribution in [2.45, 2.75) is 39.9 Å². The fourth-order valence-corrected chi connectivity index (χ4v) is 4.14. The lowest BCUT2D eigenvalue weighted by Crippen LogP contribution is -2.35. The van der Waals surface area contributed by atoms with Gasteiger partial charge in [-0.05, 0) is 80.7 Å². The lowest BCUT2D eigenvalue weighted by Gasteiger charge is -2.10. The molecule has 0 saturated heterocycles. The second-order valence-corrected chi connectivity index (χ2v) is 8.87. The molecule has 7 nitrogen and oxygen atoms in total. The summed E-state index contributed by atoms with van der Waals surface area (Å²) in [4.78, 5) is 13.2. The molecule has 0 aliphatic carbocycles. The van der Waals surface area contributed by atoms with Crippen LogP contribution in [0, 0.1) is 5.82 Å². The van der Waals surface area contributed by atoms with Crippen molar-refractivity contribution in [2.24, 2.45) is 0 Å². The lowest BCUT2D eigenvalue weighted by atomic mass is 10.0. The van der Waals surface area contributed by atoms with Crippen molar-refractivity contribution in [3.8, 4) is 40.1 Å². The maximum absolute atomic E-state index is 14.0. The van der Waals surface area contributed by atoms with Gasteiger partial charge in [-0.1, -0.05) is 0 Å². The van der Waals surface area contributed by atoms with E-state index in [1.54, 1.807) is 30.7 Å². The van der Waals surface area contributed by atoms with Crippen molar-refractivity contribution in [3.63, 3.8) is 0 Å². The number of aromatic nitrogens is 5. The second-order valence-electron chi connectivity index (χ2n) is 8.87. The summed E-state index contributed by atoms with van der Waals surface area (Å²) in [6.07, 6.45) is 5.03. The van der Waals surface area contributed by atoms with Gasteiger partial charge in [0, 0.05) is 30.2 Å².